The van der Waals surface area contributed by atoms with Crippen LogP contribution in [-0.2, 0) is 20.7 Å². The maximum absolute atomic E-state index is 12.7. The second-order valence-corrected chi connectivity index (χ2v) is 7.95. The van der Waals surface area contributed by atoms with E-state index in [0.29, 0.717) is 17.8 Å². The van der Waals surface area contributed by atoms with Gasteiger partial charge in [0.05, 0.1) is 18.9 Å². The van der Waals surface area contributed by atoms with Crippen molar-refractivity contribution >= 4 is 28.9 Å². The first-order chi connectivity index (χ1) is 15.1. The molecule has 0 saturated carbocycles. The van der Waals surface area contributed by atoms with E-state index in [1.807, 2.05) is 55.5 Å². The van der Waals surface area contributed by atoms with Gasteiger partial charge in [0.2, 0.25) is 5.91 Å². The molecule has 0 bridgehead atoms. The smallest absolute Gasteiger partial charge is 0.271 e. The lowest BCUT2D eigenvalue weighted by Crippen LogP contribution is -2.37. The molecular formula is C24H28N4O3. The van der Waals surface area contributed by atoms with Crippen LogP contribution < -0.4 is 10.3 Å². The van der Waals surface area contributed by atoms with Crippen molar-refractivity contribution in [2.75, 3.05) is 43.2 Å². The molecule has 1 fully saturated rings. The van der Waals surface area contributed by atoms with E-state index in [1.165, 1.54) is 10.6 Å². The van der Waals surface area contributed by atoms with E-state index in [4.69, 9.17) is 4.74 Å². The van der Waals surface area contributed by atoms with Gasteiger partial charge in [-0.2, -0.15) is 5.10 Å². The predicted octanol–water partition coefficient (Wildman–Crippen LogP) is 2.99. The van der Waals surface area contributed by atoms with Crippen LogP contribution >= 0.6 is 0 Å². The number of hydrogen-bond acceptors (Lipinski definition) is 5. The van der Waals surface area contributed by atoms with Crippen LogP contribution in [-0.4, -0.2) is 55.3 Å². The van der Waals surface area contributed by atoms with Crippen LogP contribution in [0.2, 0.25) is 0 Å². The van der Waals surface area contributed by atoms with Gasteiger partial charge in [-0.25, -0.2) is 5.01 Å². The highest BCUT2D eigenvalue weighted by molar-refractivity contribution is 6.44. The first-order valence-electron chi connectivity index (χ1n) is 10.8. The van der Waals surface area contributed by atoms with Crippen molar-refractivity contribution < 1.29 is 14.3 Å². The summed E-state index contributed by atoms with van der Waals surface area (Å²) in [6.45, 7) is 6.55. The van der Waals surface area contributed by atoms with Crippen LogP contribution in [0.15, 0.2) is 53.6 Å². The molecule has 0 aliphatic carbocycles. The van der Waals surface area contributed by atoms with Gasteiger partial charge < -0.3 is 10.1 Å². The molecule has 1 saturated heterocycles. The maximum atomic E-state index is 12.7. The number of nitrogens with zero attached hydrogens (tertiary/aromatic N) is 3. The fourth-order valence-corrected chi connectivity index (χ4v) is 3.75. The van der Waals surface area contributed by atoms with E-state index in [-0.39, 0.29) is 18.2 Å². The van der Waals surface area contributed by atoms with Crippen molar-refractivity contribution in [1.82, 2.24) is 4.90 Å². The molecule has 0 aromatic heterocycles. The molecule has 0 spiro atoms. The largest absolute Gasteiger partial charge is 0.379 e. The third-order valence-electron chi connectivity index (χ3n) is 5.57. The number of rotatable bonds is 6. The number of anilines is 2. The topological polar surface area (TPSA) is 74.2 Å². The minimum Gasteiger partial charge on any atom is -0.379 e. The first-order valence-corrected chi connectivity index (χ1v) is 10.8. The molecule has 7 nitrogen and oxygen atoms in total. The van der Waals surface area contributed by atoms with Gasteiger partial charge in [-0.1, -0.05) is 24.3 Å². The zero-order valence-electron chi connectivity index (χ0n) is 17.8. The monoisotopic (exact) mass is 420 g/mol. The second kappa shape index (κ2) is 9.85. The number of hydrogen-bond donors (Lipinski definition) is 1. The SMILES string of the molecule is Cc1cccc(N2N=C(C(=O)Nc3ccc(CCN4CCOCC4)cc3)CCC2=O)c1. The quantitative estimate of drug-likeness (QED) is 0.780. The molecule has 162 valence electrons. The highest BCUT2D eigenvalue weighted by Crippen LogP contribution is 2.22. The minimum absolute atomic E-state index is 0.105. The van der Waals surface area contributed by atoms with E-state index < -0.39 is 0 Å². The lowest BCUT2D eigenvalue weighted by molar-refractivity contribution is -0.118. The minimum atomic E-state index is -0.272. The molecule has 31 heavy (non-hydrogen) atoms. The van der Waals surface area contributed by atoms with Crippen LogP contribution in [0, 0.1) is 6.92 Å². The summed E-state index contributed by atoms with van der Waals surface area (Å²) in [6.07, 6.45) is 1.57. The van der Waals surface area contributed by atoms with Gasteiger partial charge in [0, 0.05) is 38.2 Å². The molecule has 4 rings (SSSR count). The Bertz CT molecular complexity index is 965. The highest BCUT2D eigenvalue weighted by atomic mass is 16.5. The van der Waals surface area contributed by atoms with Crippen molar-refractivity contribution in [3.05, 3.63) is 59.7 Å². The van der Waals surface area contributed by atoms with Crippen molar-refractivity contribution in [2.24, 2.45) is 5.10 Å². The summed E-state index contributed by atoms with van der Waals surface area (Å²) in [7, 11) is 0. The molecule has 2 aliphatic heterocycles. The molecule has 0 atom stereocenters. The van der Waals surface area contributed by atoms with E-state index >= 15 is 0 Å². The number of carbonyl (C=O) groups is 2. The van der Waals surface area contributed by atoms with Crippen molar-refractivity contribution in [3.8, 4) is 0 Å². The molecule has 0 radical (unpaired) electrons. The molecule has 2 aromatic rings. The maximum Gasteiger partial charge on any atom is 0.271 e. The van der Waals surface area contributed by atoms with Gasteiger partial charge in [-0.15, -0.1) is 0 Å². The zero-order chi connectivity index (χ0) is 21.6. The number of nitrogens with one attached hydrogen (secondary N) is 1. The Morgan fingerprint density at radius 1 is 1.10 bits per heavy atom. The van der Waals surface area contributed by atoms with E-state index in [1.54, 1.807) is 0 Å². The number of hydrazone groups is 1. The summed E-state index contributed by atoms with van der Waals surface area (Å²) in [4.78, 5) is 27.5. The van der Waals surface area contributed by atoms with Gasteiger partial charge in [0.15, 0.2) is 0 Å². The van der Waals surface area contributed by atoms with Gasteiger partial charge in [-0.05, 0) is 48.7 Å². The number of aryl methyl sites for hydroxylation is 1. The number of ether oxygens (including phenoxy) is 1. The lowest BCUT2D eigenvalue weighted by atomic mass is 10.1. The first kappa shape index (κ1) is 21.2. The van der Waals surface area contributed by atoms with Crippen LogP contribution in [0.1, 0.15) is 24.0 Å². The van der Waals surface area contributed by atoms with E-state index in [2.05, 4.69) is 15.3 Å². The fourth-order valence-electron chi connectivity index (χ4n) is 3.75. The third-order valence-corrected chi connectivity index (χ3v) is 5.57. The third kappa shape index (κ3) is 5.57. The van der Waals surface area contributed by atoms with Crippen molar-refractivity contribution in [2.45, 2.75) is 26.2 Å². The summed E-state index contributed by atoms with van der Waals surface area (Å²) in [6, 6.07) is 15.5. The van der Waals surface area contributed by atoms with Crippen LogP contribution in [0.4, 0.5) is 11.4 Å². The Hall–Kier alpha value is -3.03. The second-order valence-electron chi connectivity index (χ2n) is 7.95. The molecule has 7 heteroatoms. The normalized spacial score (nSPS) is 17.4. The predicted molar refractivity (Wildman–Crippen MR) is 121 cm³/mol. The molecular weight excluding hydrogens is 392 g/mol. The highest BCUT2D eigenvalue weighted by Gasteiger charge is 2.25. The Balaban J connectivity index is 1.37. The number of morpholine rings is 1. The lowest BCUT2D eigenvalue weighted by Gasteiger charge is -2.26. The number of amides is 2. The summed E-state index contributed by atoms with van der Waals surface area (Å²) in [5.74, 6) is -0.377. The summed E-state index contributed by atoms with van der Waals surface area (Å²) in [5, 5.41) is 8.58. The average Bonchev–Trinajstić information content (AvgIpc) is 2.79. The molecule has 2 aromatic carbocycles. The summed E-state index contributed by atoms with van der Waals surface area (Å²) in [5.41, 5.74) is 4.03. The molecule has 2 aliphatic rings. The average molecular weight is 421 g/mol. The molecule has 1 N–H and O–H groups in total. The van der Waals surface area contributed by atoms with Crippen molar-refractivity contribution in [1.29, 1.82) is 0 Å². The van der Waals surface area contributed by atoms with E-state index in [9.17, 15) is 9.59 Å². The van der Waals surface area contributed by atoms with Gasteiger partial charge in [0.1, 0.15) is 5.71 Å². The van der Waals surface area contributed by atoms with Gasteiger partial charge >= 0.3 is 0 Å². The molecule has 2 heterocycles. The Kier molecular flexibility index (Phi) is 6.74. The molecule has 0 unspecified atom stereocenters. The van der Waals surface area contributed by atoms with Gasteiger partial charge in [0.25, 0.3) is 5.91 Å². The van der Waals surface area contributed by atoms with Gasteiger partial charge in [-0.3, -0.25) is 14.5 Å². The molecule has 2 amide bonds. The Morgan fingerprint density at radius 3 is 2.61 bits per heavy atom. The van der Waals surface area contributed by atoms with E-state index in [0.717, 1.165) is 50.5 Å². The number of benzene rings is 2. The number of carbonyl (C=O) groups excluding carboxylic acids is 2. The fraction of sp³-hybridized carbons (Fsp3) is 0.375. The van der Waals surface area contributed by atoms with Crippen LogP contribution in [0.25, 0.3) is 0 Å². The van der Waals surface area contributed by atoms with Crippen LogP contribution in [0.5, 0.6) is 0 Å². The summed E-state index contributed by atoms with van der Waals surface area (Å²) < 4.78 is 5.38. The van der Waals surface area contributed by atoms with Crippen LogP contribution in [0.3, 0.4) is 0 Å². The summed E-state index contributed by atoms with van der Waals surface area (Å²) >= 11 is 0. The zero-order valence-corrected chi connectivity index (χ0v) is 17.8. The Labute approximate surface area is 182 Å². The Morgan fingerprint density at radius 2 is 1.87 bits per heavy atom. The standard InChI is InChI=1S/C24H28N4O3/c1-18-3-2-4-21(17-18)28-23(29)10-9-22(26-28)24(30)25-20-7-5-19(6-8-20)11-12-27-13-15-31-16-14-27/h2-8,17H,9-16H2,1H3,(H,25,30). The van der Waals surface area contributed by atoms with Crippen molar-refractivity contribution in [3.63, 3.8) is 0 Å².